The molecule has 0 fully saturated rings. The molecule has 0 spiro atoms. The van der Waals surface area contributed by atoms with E-state index in [2.05, 4.69) is 17.9 Å². The van der Waals surface area contributed by atoms with Gasteiger partial charge in [0.25, 0.3) is 0 Å². The molecule has 2 aromatic carbocycles. The summed E-state index contributed by atoms with van der Waals surface area (Å²) >= 11 is 0. The van der Waals surface area contributed by atoms with Crippen LogP contribution in [0.4, 0.5) is 11.4 Å². The highest BCUT2D eigenvalue weighted by Gasteiger charge is 2.15. The van der Waals surface area contributed by atoms with E-state index in [9.17, 15) is 5.11 Å². The number of nitrogens with zero attached hydrogens (tertiary/aromatic N) is 2. The van der Waals surface area contributed by atoms with E-state index in [0.717, 1.165) is 23.5 Å². The molecule has 0 aliphatic heterocycles. The molecule has 3 heteroatoms. The van der Waals surface area contributed by atoms with Gasteiger partial charge in [0.15, 0.2) is 0 Å². The lowest BCUT2D eigenvalue weighted by atomic mass is 10.0. The van der Waals surface area contributed by atoms with Crippen LogP contribution in [0, 0.1) is 11.3 Å². The van der Waals surface area contributed by atoms with Crippen LogP contribution in [-0.2, 0) is 0 Å². The highest BCUT2D eigenvalue weighted by Crippen LogP contribution is 2.32. The molecule has 0 aliphatic rings. The second-order valence-corrected chi connectivity index (χ2v) is 4.64. The van der Waals surface area contributed by atoms with Crippen molar-refractivity contribution in [1.29, 1.82) is 5.26 Å². The van der Waals surface area contributed by atoms with Gasteiger partial charge in [-0.05, 0) is 38.1 Å². The Hall–Kier alpha value is -2.31. The number of rotatable bonds is 4. The highest BCUT2D eigenvalue weighted by atomic mass is 16.3. The van der Waals surface area contributed by atoms with Crippen LogP contribution in [0.1, 0.15) is 31.1 Å². The Bertz CT molecular complexity index is 615. The number of nitriles is 1. The summed E-state index contributed by atoms with van der Waals surface area (Å²) < 4.78 is 0. The molecule has 0 heterocycles. The van der Waals surface area contributed by atoms with Gasteiger partial charge in [0, 0.05) is 23.5 Å². The van der Waals surface area contributed by atoms with Crippen LogP contribution < -0.4 is 4.90 Å². The normalized spacial score (nSPS) is 11.7. The Morgan fingerprint density at radius 2 is 1.90 bits per heavy atom. The van der Waals surface area contributed by atoms with E-state index in [1.807, 2.05) is 42.5 Å². The molecule has 0 saturated carbocycles. The molecule has 0 aromatic heterocycles. The van der Waals surface area contributed by atoms with Gasteiger partial charge in [-0.15, -0.1) is 0 Å². The Labute approximate surface area is 119 Å². The maximum absolute atomic E-state index is 9.95. The Morgan fingerprint density at radius 1 is 1.20 bits per heavy atom. The van der Waals surface area contributed by atoms with Gasteiger partial charge in [-0.1, -0.05) is 24.3 Å². The number of hydrogen-bond donors (Lipinski definition) is 1. The van der Waals surface area contributed by atoms with Gasteiger partial charge in [0.2, 0.25) is 0 Å². The van der Waals surface area contributed by atoms with Crippen molar-refractivity contribution < 1.29 is 5.11 Å². The number of benzene rings is 2. The summed E-state index contributed by atoms with van der Waals surface area (Å²) in [7, 11) is 0. The summed E-state index contributed by atoms with van der Waals surface area (Å²) in [4.78, 5) is 2.10. The summed E-state index contributed by atoms with van der Waals surface area (Å²) in [6, 6.07) is 17.5. The molecule has 1 N–H and O–H groups in total. The van der Waals surface area contributed by atoms with E-state index in [4.69, 9.17) is 5.26 Å². The molecule has 0 bridgehead atoms. The average molecular weight is 266 g/mol. The SMILES string of the molecule is CCN(c1ccccc1)c1cc(C#N)ccc1C(C)O. The predicted octanol–water partition coefficient (Wildman–Crippen LogP) is 3.77. The molecule has 0 saturated heterocycles. The lowest BCUT2D eigenvalue weighted by molar-refractivity contribution is 0.200. The summed E-state index contributed by atoms with van der Waals surface area (Å²) in [5.41, 5.74) is 3.35. The van der Waals surface area contributed by atoms with Crippen molar-refractivity contribution in [3.05, 3.63) is 59.7 Å². The number of anilines is 2. The molecule has 0 radical (unpaired) electrons. The van der Waals surface area contributed by atoms with Crippen LogP contribution in [0.3, 0.4) is 0 Å². The zero-order valence-electron chi connectivity index (χ0n) is 11.7. The van der Waals surface area contributed by atoms with Crippen LogP contribution in [0.25, 0.3) is 0 Å². The molecule has 102 valence electrons. The van der Waals surface area contributed by atoms with E-state index in [0.29, 0.717) is 5.56 Å². The highest BCUT2D eigenvalue weighted by molar-refractivity contribution is 5.68. The minimum atomic E-state index is -0.574. The number of aliphatic hydroxyl groups is 1. The minimum absolute atomic E-state index is 0.574. The third kappa shape index (κ3) is 2.81. The summed E-state index contributed by atoms with van der Waals surface area (Å²) in [5, 5.41) is 19.0. The standard InChI is InChI=1S/C17H18N2O/c1-3-19(15-7-5-4-6-8-15)17-11-14(12-18)9-10-16(17)13(2)20/h4-11,13,20H,3H2,1-2H3. The Kier molecular flexibility index (Phi) is 4.39. The van der Waals surface area contributed by atoms with Crippen molar-refractivity contribution in [3.8, 4) is 6.07 Å². The van der Waals surface area contributed by atoms with Gasteiger partial charge in [0.1, 0.15) is 0 Å². The first-order valence-corrected chi connectivity index (χ1v) is 6.72. The minimum Gasteiger partial charge on any atom is -0.389 e. The van der Waals surface area contributed by atoms with Crippen LogP contribution in [0.5, 0.6) is 0 Å². The first kappa shape index (κ1) is 14.1. The molecule has 1 atom stereocenters. The maximum atomic E-state index is 9.95. The summed E-state index contributed by atoms with van der Waals surface area (Å²) in [5.74, 6) is 0. The van der Waals surface area contributed by atoms with E-state index in [1.54, 1.807) is 13.0 Å². The van der Waals surface area contributed by atoms with Crippen LogP contribution >= 0.6 is 0 Å². The van der Waals surface area contributed by atoms with E-state index in [1.165, 1.54) is 0 Å². The summed E-state index contributed by atoms with van der Waals surface area (Å²) in [6.07, 6.45) is -0.574. The monoisotopic (exact) mass is 266 g/mol. The third-order valence-corrected chi connectivity index (χ3v) is 3.28. The Morgan fingerprint density at radius 3 is 2.45 bits per heavy atom. The molecule has 2 rings (SSSR count). The fourth-order valence-corrected chi connectivity index (χ4v) is 2.30. The molecule has 1 unspecified atom stereocenters. The molecular formula is C17H18N2O. The lowest BCUT2D eigenvalue weighted by Gasteiger charge is -2.27. The van der Waals surface area contributed by atoms with Gasteiger partial charge in [-0.25, -0.2) is 0 Å². The van der Waals surface area contributed by atoms with E-state index < -0.39 is 6.10 Å². The van der Waals surface area contributed by atoms with Crippen molar-refractivity contribution in [2.75, 3.05) is 11.4 Å². The molecule has 2 aromatic rings. The second-order valence-electron chi connectivity index (χ2n) is 4.64. The number of aliphatic hydroxyl groups excluding tert-OH is 1. The van der Waals surface area contributed by atoms with Crippen LogP contribution in [-0.4, -0.2) is 11.7 Å². The largest absolute Gasteiger partial charge is 0.389 e. The van der Waals surface area contributed by atoms with Gasteiger partial charge in [0.05, 0.1) is 17.7 Å². The van der Waals surface area contributed by atoms with Crippen LogP contribution in [0.15, 0.2) is 48.5 Å². The van der Waals surface area contributed by atoms with E-state index in [-0.39, 0.29) is 0 Å². The fourth-order valence-electron chi connectivity index (χ4n) is 2.30. The van der Waals surface area contributed by atoms with Crippen molar-refractivity contribution in [1.82, 2.24) is 0 Å². The predicted molar refractivity (Wildman–Crippen MR) is 80.9 cm³/mol. The molecule has 0 aliphatic carbocycles. The second kappa shape index (κ2) is 6.23. The number of hydrogen-bond acceptors (Lipinski definition) is 3. The first-order valence-electron chi connectivity index (χ1n) is 6.72. The lowest BCUT2D eigenvalue weighted by Crippen LogP contribution is -2.18. The zero-order valence-corrected chi connectivity index (χ0v) is 11.7. The third-order valence-electron chi connectivity index (χ3n) is 3.28. The van der Waals surface area contributed by atoms with Crippen molar-refractivity contribution in [2.24, 2.45) is 0 Å². The smallest absolute Gasteiger partial charge is 0.0992 e. The fraction of sp³-hybridized carbons (Fsp3) is 0.235. The van der Waals surface area contributed by atoms with Gasteiger partial charge < -0.3 is 10.0 Å². The quantitative estimate of drug-likeness (QED) is 0.916. The zero-order chi connectivity index (χ0) is 14.5. The molecule has 3 nitrogen and oxygen atoms in total. The van der Waals surface area contributed by atoms with Crippen molar-refractivity contribution in [2.45, 2.75) is 20.0 Å². The number of para-hydroxylation sites is 1. The van der Waals surface area contributed by atoms with Gasteiger partial charge in [-0.3, -0.25) is 0 Å². The van der Waals surface area contributed by atoms with Crippen molar-refractivity contribution in [3.63, 3.8) is 0 Å². The summed E-state index contributed by atoms with van der Waals surface area (Å²) in [6.45, 7) is 4.56. The Balaban J connectivity index is 2.56. The van der Waals surface area contributed by atoms with Crippen LogP contribution in [0.2, 0.25) is 0 Å². The molecule has 20 heavy (non-hydrogen) atoms. The maximum Gasteiger partial charge on any atom is 0.0992 e. The van der Waals surface area contributed by atoms with Crippen molar-refractivity contribution >= 4 is 11.4 Å². The van der Waals surface area contributed by atoms with Gasteiger partial charge >= 0.3 is 0 Å². The molecule has 0 amide bonds. The van der Waals surface area contributed by atoms with Gasteiger partial charge in [-0.2, -0.15) is 5.26 Å². The first-order chi connectivity index (χ1) is 9.67. The molecular weight excluding hydrogens is 248 g/mol. The average Bonchev–Trinajstić information content (AvgIpc) is 2.48. The topological polar surface area (TPSA) is 47.3 Å². The van der Waals surface area contributed by atoms with E-state index >= 15 is 0 Å².